The number of benzene rings is 1. The summed E-state index contributed by atoms with van der Waals surface area (Å²) >= 11 is 3.35. The van der Waals surface area contributed by atoms with Crippen molar-refractivity contribution >= 4 is 32.7 Å². The summed E-state index contributed by atoms with van der Waals surface area (Å²) in [5.41, 5.74) is 1.24. The van der Waals surface area contributed by atoms with Crippen molar-refractivity contribution in [3.05, 3.63) is 34.4 Å². The second-order valence-electron chi connectivity index (χ2n) is 4.69. The molecule has 0 radical (unpaired) electrons. The van der Waals surface area contributed by atoms with Gasteiger partial charge in [0.05, 0.1) is 0 Å². The Labute approximate surface area is 133 Å². The van der Waals surface area contributed by atoms with Crippen molar-refractivity contribution in [2.75, 3.05) is 19.8 Å². The first kappa shape index (κ1) is 16.8. The lowest BCUT2D eigenvalue weighted by molar-refractivity contribution is -0.173. The van der Waals surface area contributed by atoms with E-state index in [0.29, 0.717) is 12.1 Å². The number of nitrogens with one attached hydrogen (secondary N) is 2. The number of carbonyl (C=O) groups excluding carboxylic acids is 1. The molecule has 2 aromatic rings. The molecule has 2 rings (SSSR count). The topological polar surface area (TPSA) is 54.1 Å². The molecule has 0 bridgehead atoms. The fourth-order valence-electron chi connectivity index (χ4n) is 1.89. The van der Waals surface area contributed by atoms with Gasteiger partial charge in [-0.05, 0) is 30.7 Å². The molecule has 0 aliphatic carbocycles. The Morgan fingerprint density at radius 2 is 2.09 bits per heavy atom. The van der Waals surface area contributed by atoms with E-state index >= 15 is 0 Å². The molecule has 0 atom stereocenters. The number of hydrogen-bond acceptors (Lipinski definition) is 2. The molecule has 0 fully saturated rings. The normalized spacial score (nSPS) is 11.8. The number of ether oxygens (including phenoxy) is 1. The highest BCUT2D eigenvalue weighted by Gasteiger charge is 2.27. The van der Waals surface area contributed by atoms with Crippen LogP contribution < -0.4 is 5.32 Å². The Hall–Kier alpha value is -1.54. The second kappa shape index (κ2) is 7.15. The van der Waals surface area contributed by atoms with Crippen LogP contribution in [0.15, 0.2) is 28.7 Å². The molecule has 1 heterocycles. The number of alkyl halides is 3. The average Bonchev–Trinajstić information content (AvgIpc) is 2.84. The summed E-state index contributed by atoms with van der Waals surface area (Å²) < 4.78 is 40.9. The predicted octanol–water partition coefficient (Wildman–Crippen LogP) is 3.63. The van der Waals surface area contributed by atoms with Gasteiger partial charge in [0.1, 0.15) is 12.3 Å². The van der Waals surface area contributed by atoms with E-state index in [0.717, 1.165) is 15.4 Å². The second-order valence-corrected chi connectivity index (χ2v) is 5.61. The van der Waals surface area contributed by atoms with Crippen LogP contribution in [0.1, 0.15) is 16.9 Å². The van der Waals surface area contributed by atoms with Crippen LogP contribution in [0.2, 0.25) is 0 Å². The van der Waals surface area contributed by atoms with Crippen LogP contribution in [0.5, 0.6) is 0 Å². The quantitative estimate of drug-likeness (QED) is 0.754. The van der Waals surface area contributed by atoms with Crippen LogP contribution in [-0.4, -0.2) is 36.8 Å². The summed E-state index contributed by atoms with van der Waals surface area (Å²) in [6, 6.07) is 7.31. The van der Waals surface area contributed by atoms with Gasteiger partial charge >= 0.3 is 6.18 Å². The Bertz CT molecular complexity index is 655. The van der Waals surface area contributed by atoms with Crippen molar-refractivity contribution in [2.24, 2.45) is 0 Å². The van der Waals surface area contributed by atoms with Gasteiger partial charge in [0.2, 0.25) is 0 Å². The largest absolute Gasteiger partial charge is 0.411 e. The van der Waals surface area contributed by atoms with E-state index in [1.54, 1.807) is 6.07 Å². The highest BCUT2D eigenvalue weighted by Crippen LogP contribution is 2.20. The van der Waals surface area contributed by atoms with Gasteiger partial charge in [-0.3, -0.25) is 4.79 Å². The van der Waals surface area contributed by atoms with E-state index < -0.39 is 12.8 Å². The van der Waals surface area contributed by atoms with Gasteiger partial charge < -0.3 is 15.0 Å². The standard InChI is InChI=1S/C14H14BrF3N2O2/c15-10-2-3-11-9(6-10)7-12(20-11)13(21)19-4-1-5-22-8-14(16,17)18/h2-3,6-7,20H,1,4-5,8H2,(H,19,21). The monoisotopic (exact) mass is 378 g/mol. The first-order valence-corrected chi connectivity index (χ1v) is 7.35. The van der Waals surface area contributed by atoms with E-state index in [1.807, 2.05) is 18.2 Å². The fourth-order valence-corrected chi connectivity index (χ4v) is 2.26. The third-order valence-corrected chi connectivity index (χ3v) is 3.34. The van der Waals surface area contributed by atoms with E-state index in [4.69, 9.17) is 0 Å². The van der Waals surface area contributed by atoms with Crippen molar-refractivity contribution in [1.82, 2.24) is 10.3 Å². The van der Waals surface area contributed by atoms with Gasteiger partial charge in [-0.15, -0.1) is 0 Å². The smallest absolute Gasteiger partial charge is 0.372 e. The molecule has 0 aliphatic heterocycles. The minimum Gasteiger partial charge on any atom is -0.372 e. The van der Waals surface area contributed by atoms with E-state index in [-0.39, 0.29) is 19.1 Å². The molecule has 1 aromatic heterocycles. The van der Waals surface area contributed by atoms with Crippen molar-refractivity contribution in [1.29, 1.82) is 0 Å². The summed E-state index contributed by atoms with van der Waals surface area (Å²) in [6.45, 7) is -1.08. The van der Waals surface area contributed by atoms with Crippen molar-refractivity contribution < 1.29 is 22.7 Å². The molecule has 4 nitrogen and oxygen atoms in total. The fraction of sp³-hybridized carbons (Fsp3) is 0.357. The first-order valence-electron chi connectivity index (χ1n) is 6.56. The summed E-state index contributed by atoms with van der Waals surface area (Å²) in [5.74, 6) is -0.303. The van der Waals surface area contributed by atoms with Crippen LogP contribution in [0.3, 0.4) is 0 Å². The van der Waals surface area contributed by atoms with Crippen LogP contribution in [0.4, 0.5) is 13.2 Å². The van der Waals surface area contributed by atoms with Gasteiger partial charge in [0, 0.05) is 28.5 Å². The zero-order valence-electron chi connectivity index (χ0n) is 11.5. The Balaban J connectivity index is 1.77. The number of aromatic nitrogens is 1. The third-order valence-electron chi connectivity index (χ3n) is 2.84. The van der Waals surface area contributed by atoms with Crippen molar-refractivity contribution in [2.45, 2.75) is 12.6 Å². The lowest BCUT2D eigenvalue weighted by atomic mass is 10.2. The number of H-pyrrole nitrogens is 1. The number of fused-ring (bicyclic) bond motifs is 1. The molecular weight excluding hydrogens is 365 g/mol. The van der Waals surface area contributed by atoms with Crippen LogP contribution in [-0.2, 0) is 4.74 Å². The van der Waals surface area contributed by atoms with E-state index in [1.165, 1.54) is 0 Å². The first-order chi connectivity index (χ1) is 10.3. The number of amides is 1. The highest BCUT2D eigenvalue weighted by molar-refractivity contribution is 9.10. The molecule has 120 valence electrons. The predicted molar refractivity (Wildman–Crippen MR) is 79.8 cm³/mol. The summed E-state index contributed by atoms with van der Waals surface area (Å²) in [7, 11) is 0. The van der Waals surface area contributed by atoms with Gasteiger partial charge in [-0.25, -0.2) is 0 Å². The maximum Gasteiger partial charge on any atom is 0.411 e. The van der Waals surface area contributed by atoms with Crippen LogP contribution >= 0.6 is 15.9 Å². The molecule has 0 aliphatic rings. The zero-order valence-corrected chi connectivity index (χ0v) is 13.1. The molecule has 1 aromatic carbocycles. The Morgan fingerprint density at radius 3 is 2.82 bits per heavy atom. The number of halogens is 4. The van der Waals surface area contributed by atoms with E-state index in [9.17, 15) is 18.0 Å². The molecule has 22 heavy (non-hydrogen) atoms. The lowest BCUT2D eigenvalue weighted by Crippen LogP contribution is -2.26. The molecule has 0 saturated carbocycles. The minimum absolute atomic E-state index is 0.0561. The molecule has 0 unspecified atom stereocenters. The minimum atomic E-state index is -4.32. The molecule has 0 saturated heterocycles. The number of hydrogen-bond donors (Lipinski definition) is 2. The summed E-state index contributed by atoms with van der Waals surface area (Å²) in [4.78, 5) is 14.9. The number of aromatic amines is 1. The molecule has 2 N–H and O–H groups in total. The molecule has 0 spiro atoms. The van der Waals surface area contributed by atoms with Crippen molar-refractivity contribution in [3.8, 4) is 0 Å². The van der Waals surface area contributed by atoms with Crippen LogP contribution in [0.25, 0.3) is 10.9 Å². The van der Waals surface area contributed by atoms with Crippen molar-refractivity contribution in [3.63, 3.8) is 0 Å². The molecule has 1 amide bonds. The van der Waals surface area contributed by atoms with Gasteiger partial charge in [-0.2, -0.15) is 13.2 Å². The Morgan fingerprint density at radius 1 is 1.32 bits per heavy atom. The molecular formula is C14H14BrF3N2O2. The number of rotatable bonds is 6. The highest BCUT2D eigenvalue weighted by atomic mass is 79.9. The van der Waals surface area contributed by atoms with E-state index in [2.05, 4.69) is 31.0 Å². The van der Waals surface area contributed by atoms with Gasteiger partial charge in [-0.1, -0.05) is 15.9 Å². The summed E-state index contributed by atoms with van der Waals surface area (Å²) in [5, 5.41) is 3.53. The third kappa shape index (κ3) is 5.03. The zero-order chi connectivity index (χ0) is 16.2. The lowest BCUT2D eigenvalue weighted by Gasteiger charge is -2.07. The van der Waals surface area contributed by atoms with Crippen LogP contribution in [0, 0.1) is 0 Å². The van der Waals surface area contributed by atoms with Gasteiger partial charge in [0.25, 0.3) is 5.91 Å². The maximum atomic E-state index is 11.9. The van der Waals surface area contributed by atoms with Gasteiger partial charge in [0.15, 0.2) is 0 Å². The average molecular weight is 379 g/mol. The number of carbonyl (C=O) groups is 1. The molecule has 8 heteroatoms. The Kier molecular flexibility index (Phi) is 5.47. The maximum absolute atomic E-state index is 11.9. The summed E-state index contributed by atoms with van der Waals surface area (Å²) in [6.07, 6.45) is -4.00. The SMILES string of the molecule is O=C(NCCCOCC(F)(F)F)c1cc2cc(Br)ccc2[nH]1.